The Morgan fingerprint density at radius 2 is 2.26 bits per heavy atom. The Hall–Kier alpha value is -1.46. The highest BCUT2D eigenvalue weighted by molar-refractivity contribution is 5.78. The van der Waals surface area contributed by atoms with Crippen LogP contribution < -0.4 is 5.32 Å². The van der Waals surface area contributed by atoms with Gasteiger partial charge in [0.15, 0.2) is 0 Å². The molecule has 0 spiro atoms. The van der Waals surface area contributed by atoms with Gasteiger partial charge < -0.3 is 15.0 Å². The van der Waals surface area contributed by atoms with Crippen molar-refractivity contribution in [2.24, 2.45) is 0 Å². The molecule has 0 radical (unpaired) electrons. The molecule has 1 aliphatic heterocycles. The second-order valence-electron chi connectivity index (χ2n) is 6.29. The molecule has 1 aliphatic rings. The number of rotatable bonds is 9. The topological polar surface area (TPSA) is 41.6 Å². The number of amides is 1. The molecule has 1 fully saturated rings. The molecule has 0 bridgehead atoms. The fraction of sp³-hybridized carbons (Fsp3) is 0.611. The van der Waals surface area contributed by atoms with Crippen LogP contribution in [0.25, 0.3) is 0 Å². The highest BCUT2D eigenvalue weighted by atomic mass is 19.1. The molecule has 1 saturated heterocycles. The van der Waals surface area contributed by atoms with Gasteiger partial charge in [-0.25, -0.2) is 4.39 Å². The first-order valence-electron chi connectivity index (χ1n) is 8.42. The third-order valence-electron chi connectivity index (χ3n) is 4.11. The van der Waals surface area contributed by atoms with Crippen LogP contribution >= 0.6 is 0 Å². The Bertz CT molecular complexity index is 508. The fourth-order valence-corrected chi connectivity index (χ4v) is 2.94. The molecule has 1 amide bonds. The summed E-state index contributed by atoms with van der Waals surface area (Å²) in [5.41, 5.74) is 0.940. The molecule has 23 heavy (non-hydrogen) atoms. The van der Waals surface area contributed by atoms with E-state index in [0.717, 1.165) is 24.9 Å². The van der Waals surface area contributed by atoms with Crippen LogP contribution in [0.5, 0.6) is 0 Å². The van der Waals surface area contributed by atoms with Crippen molar-refractivity contribution in [1.29, 1.82) is 0 Å². The number of hydrogen-bond donors (Lipinski definition) is 1. The molecule has 0 aromatic heterocycles. The Balaban J connectivity index is 1.70. The molecule has 1 heterocycles. The number of nitrogens with zero attached hydrogens (tertiary/aromatic N) is 1. The largest absolute Gasteiger partial charge is 0.377 e. The number of hydrogen-bond acceptors (Lipinski definition) is 3. The van der Waals surface area contributed by atoms with E-state index in [1.165, 1.54) is 6.07 Å². The highest BCUT2D eigenvalue weighted by Gasteiger charge is 2.29. The van der Waals surface area contributed by atoms with Crippen molar-refractivity contribution in [3.63, 3.8) is 0 Å². The molecule has 0 saturated carbocycles. The van der Waals surface area contributed by atoms with Gasteiger partial charge in [0.1, 0.15) is 5.82 Å². The first-order valence-corrected chi connectivity index (χ1v) is 8.42. The Morgan fingerprint density at radius 3 is 3.00 bits per heavy atom. The van der Waals surface area contributed by atoms with Crippen molar-refractivity contribution in [3.05, 3.63) is 35.6 Å². The standard InChI is InChI=1S/C18H27FN2O2/c1-14(2)23-11-10-21-17(6-7-18(21)22)8-9-20-13-15-4-3-5-16(19)12-15/h3-5,12,14,17,20H,6-11,13H2,1-2H3/t17-/m0/s1. The van der Waals surface area contributed by atoms with Crippen LogP contribution in [0, 0.1) is 5.82 Å². The minimum atomic E-state index is -0.206. The summed E-state index contributed by atoms with van der Waals surface area (Å²) in [7, 11) is 0. The van der Waals surface area contributed by atoms with Crippen LogP contribution in [0.15, 0.2) is 24.3 Å². The average molecular weight is 322 g/mol. The number of halogens is 1. The quantitative estimate of drug-likeness (QED) is 0.711. The average Bonchev–Trinajstić information content (AvgIpc) is 2.84. The van der Waals surface area contributed by atoms with Crippen LogP contribution in [-0.4, -0.2) is 42.6 Å². The van der Waals surface area contributed by atoms with Crippen molar-refractivity contribution in [3.8, 4) is 0 Å². The second kappa shape index (κ2) is 8.99. The van der Waals surface area contributed by atoms with Crippen molar-refractivity contribution in [2.75, 3.05) is 19.7 Å². The van der Waals surface area contributed by atoms with E-state index in [1.807, 2.05) is 24.8 Å². The monoisotopic (exact) mass is 322 g/mol. The summed E-state index contributed by atoms with van der Waals surface area (Å²) in [5.74, 6) is 0.0227. The Morgan fingerprint density at radius 1 is 1.43 bits per heavy atom. The van der Waals surface area contributed by atoms with E-state index in [-0.39, 0.29) is 17.8 Å². The molecular formula is C18H27FN2O2. The van der Waals surface area contributed by atoms with Gasteiger partial charge in [0.05, 0.1) is 12.7 Å². The van der Waals surface area contributed by atoms with Crippen molar-refractivity contribution >= 4 is 5.91 Å². The van der Waals surface area contributed by atoms with Gasteiger partial charge in [0, 0.05) is 25.6 Å². The summed E-state index contributed by atoms with van der Waals surface area (Å²) in [4.78, 5) is 13.9. The summed E-state index contributed by atoms with van der Waals surface area (Å²) in [6.07, 6.45) is 2.67. The number of ether oxygens (including phenoxy) is 1. The summed E-state index contributed by atoms with van der Waals surface area (Å²) in [5, 5.41) is 3.33. The van der Waals surface area contributed by atoms with Gasteiger partial charge in [-0.05, 0) is 50.9 Å². The molecule has 1 aromatic carbocycles. The first kappa shape index (κ1) is 17.9. The fourth-order valence-electron chi connectivity index (χ4n) is 2.94. The van der Waals surface area contributed by atoms with E-state index in [4.69, 9.17) is 4.74 Å². The number of benzene rings is 1. The lowest BCUT2D eigenvalue weighted by atomic mass is 10.1. The van der Waals surface area contributed by atoms with E-state index in [0.29, 0.717) is 32.2 Å². The van der Waals surface area contributed by atoms with Crippen molar-refractivity contribution < 1.29 is 13.9 Å². The smallest absolute Gasteiger partial charge is 0.222 e. The lowest BCUT2D eigenvalue weighted by Gasteiger charge is -2.25. The summed E-state index contributed by atoms with van der Waals surface area (Å²) in [6.45, 7) is 6.73. The minimum absolute atomic E-state index is 0.194. The van der Waals surface area contributed by atoms with Crippen LogP contribution in [-0.2, 0) is 16.1 Å². The van der Waals surface area contributed by atoms with Gasteiger partial charge >= 0.3 is 0 Å². The highest BCUT2D eigenvalue weighted by Crippen LogP contribution is 2.20. The SMILES string of the molecule is CC(C)OCCN1C(=O)CC[C@H]1CCNCc1cccc(F)c1. The molecule has 0 aliphatic carbocycles. The van der Waals surface area contributed by atoms with E-state index in [1.54, 1.807) is 12.1 Å². The summed E-state index contributed by atoms with van der Waals surface area (Å²) < 4.78 is 18.7. The lowest BCUT2D eigenvalue weighted by Crippen LogP contribution is -2.37. The zero-order chi connectivity index (χ0) is 16.7. The lowest BCUT2D eigenvalue weighted by molar-refractivity contribution is -0.130. The van der Waals surface area contributed by atoms with E-state index < -0.39 is 0 Å². The third kappa shape index (κ3) is 5.92. The molecule has 128 valence electrons. The van der Waals surface area contributed by atoms with Crippen LogP contribution in [0.3, 0.4) is 0 Å². The van der Waals surface area contributed by atoms with Crippen molar-refractivity contribution in [1.82, 2.24) is 10.2 Å². The molecule has 4 nitrogen and oxygen atoms in total. The maximum Gasteiger partial charge on any atom is 0.222 e. The molecular weight excluding hydrogens is 295 g/mol. The van der Waals surface area contributed by atoms with Gasteiger partial charge in [-0.2, -0.15) is 0 Å². The second-order valence-corrected chi connectivity index (χ2v) is 6.29. The number of nitrogens with one attached hydrogen (secondary N) is 1. The summed E-state index contributed by atoms with van der Waals surface area (Å²) in [6, 6.07) is 6.91. The third-order valence-corrected chi connectivity index (χ3v) is 4.11. The van der Waals surface area contributed by atoms with E-state index in [9.17, 15) is 9.18 Å². The summed E-state index contributed by atoms with van der Waals surface area (Å²) >= 11 is 0. The molecule has 5 heteroatoms. The Labute approximate surface area is 138 Å². The predicted octanol–water partition coefficient (Wildman–Crippen LogP) is 2.72. The van der Waals surface area contributed by atoms with Crippen LogP contribution in [0.2, 0.25) is 0 Å². The van der Waals surface area contributed by atoms with Gasteiger partial charge in [-0.1, -0.05) is 12.1 Å². The predicted molar refractivity (Wildman–Crippen MR) is 88.5 cm³/mol. The molecule has 0 unspecified atom stereocenters. The van der Waals surface area contributed by atoms with E-state index in [2.05, 4.69) is 5.32 Å². The number of carbonyl (C=O) groups excluding carboxylic acids is 1. The molecule has 1 N–H and O–H groups in total. The maximum atomic E-state index is 13.1. The normalized spacial score (nSPS) is 18.2. The van der Waals surface area contributed by atoms with Gasteiger partial charge in [-0.15, -0.1) is 0 Å². The van der Waals surface area contributed by atoms with Gasteiger partial charge in [0.2, 0.25) is 5.91 Å². The minimum Gasteiger partial charge on any atom is -0.377 e. The zero-order valence-corrected chi connectivity index (χ0v) is 14.1. The Kier molecular flexibility index (Phi) is 6.99. The molecule has 1 atom stereocenters. The maximum absolute atomic E-state index is 13.1. The first-order chi connectivity index (χ1) is 11.1. The van der Waals surface area contributed by atoms with Crippen LogP contribution in [0.1, 0.15) is 38.7 Å². The zero-order valence-electron chi connectivity index (χ0n) is 14.1. The van der Waals surface area contributed by atoms with Crippen molar-refractivity contribution in [2.45, 2.75) is 51.8 Å². The number of carbonyl (C=O) groups is 1. The van der Waals surface area contributed by atoms with Gasteiger partial charge in [0.25, 0.3) is 0 Å². The van der Waals surface area contributed by atoms with E-state index >= 15 is 0 Å². The number of likely N-dealkylation sites (tertiary alicyclic amines) is 1. The molecule has 1 aromatic rings. The molecule has 2 rings (SSSR count). The van der Waals surface area contributed by atoms with Crippen LogP contribution in [0.4, 0.5) is 4.39 Å². The van der Waals surface area contributed by atoms with Gasteiger partial charge in [-0.3, -0.25) is 4.79 Å².